The normalized spacial score (nSPS) is 31.6. The van der Waals surface area contributed by atoms with Crippen LogP contribution in [0.15, 0.2) is 0 Å². The summed E-state index contributed by atoms with van der Waals surface area (Å²) in [4.78, 5) is 0. The third-order valence-electron chi connectivity index (χ3n) is 4.86. The predicted molar refractivity (Wildman–Crippen MR) is 75.2 cm³/mol. The van der Waals surface area contributed by atoms with Crippen LogP contribution in [0.3, 0.4) is 0 Å². The highest BCUT2D eigenvalue weighted by Crippen LogP contribution is 2.35. The molecule has 2 rings (SSSR count). The molecule has 0 amide bonds. The maximum absolute atomic E-state index is 3.77. The summed E-state index contributed by atoms with van der Waals surface area (Å²) < 4.78 is 0. The Morgan fingerprint density at radius 3 is 2.24 bits per heavy atom. The molecule has 0 radical (unpaired) electrons. The van der Waals surface area contributed by atoms with E-state index in [1.165, 1.54) is 70.8 Å². The Bertz CT molecular complexity index is 196. The summed E-state index contributed by atoms with van der Waals surface area (Å²) in [5.41, 5.74) is 0. The maximum Gasteiger partial charge on any atom is 0.00697 e. The van der Waals surface area contributed by atoms with Crippen LogP contribution in [0, 0.1) is 11.8 Å². The fourth-order valence-electron chi connectivity index (χ4n) is 3.93. The van der Waals surface area contributed by atoms with E-state index >= 15 is 0 Å². The zero-order chi connectivity index (χ0) is 11.9. The molecule has 2 saturated carbocycles. The third-order valence-corrected chi connectivity index (χ3v) is 4.86. The highest BCUT2D eigenvalue weighted by Gasteiger charge is 2.24. The van der Waals surface area contributed by atoms with Crippen LogP contribution >= 0.6 is 0 Å². The van der Waals surface area contributed by atoms with E-state index in [-0.39, 0.29) is 0 Å². The highest BCUT2D eigenvalue weighted by atomic mass is 14.9. The van der Waals surface area contributed by atoms with Crippen molar-refractivity contribution in [2.75, 3.05) is 6.54 Å². The standard InChI is InChI=1S/C16H31N/c1-2-11-17-16-10-6-5-9-15(13-16)12-14-7-3-4-8-14/h14-17H,2-13H2,1H3. The largest absolute Gasteiger partial charge is 0.314 e. The Balaban J connectivity index is 1.75. The zero-order valence-electron chi connectivity index (χ0n) is 11.7. The number of hydrogen-bond donors (Lipinski definition) is 1. The molecule has 100 valence electrons. The van der Waals surface area contributed by atoms with Crippen molar-refractivity contribution in [3.63, 3.8) is 0 Å². The van der Waals surface area contributed by atoms with Crippen molar-refractivity contribution in [1.29, 1.82) is 0 Å². The van der Waals surface area contributed by atoms with Crippen LogP contribution in [0.5, 0.6) is 0 Å². The Morgan fingerprint density at radius 1 is 0.882 bits per heavy atom. The second-order valence-corrected chi connectivity index (χ2v) is 6.42. The first-order chi connectivity index (χ1) is 8.38. The lowest BCUT2D eigenvalue weighted by Crippen LogP contribution is -2.31. The lowest BCUT2D eigenvalue weighted by Gasteiger charge is -2.23. The Kier molecular flexibility index (Phi) is 5.84. The molecule has 0 spiro atoms. The van der Waals surface area contributed by atoms with Crippen molar-refractivity contribution < 1.29 is 0 Å². The molecule has 1 nitrogen and oxygen atoms in total. The summed E-state index contributed by atoms with van der Waals surface area (Å²) in [6.07, 6.45) is 16.3. The minimum Gasteiger partial charge on any atom is -0.314 e. The van der Waals surface area contributed by atoms with Crippen LogP contribution in [-0.4, -0.2) is 12.6 Å². The first kappa shape index (κ1) is 13.4. The molecule has 0 heterocycles. The van der Waals surface area contributed by atoms with Crippen molar-refractivity contribution in [1.82, 2.24) is 5.32 Å². The number of rotatable bonds is 5. The molecule has 2 aliphatic rings. The van der Waals surface area contributed by atoms with Gasteiger partial charge in [0, 0.05) is 6.04 Å². The van der Waals surface area contributed by atoms with E-state index in [9.17, 15) is 0 Å². The van der Waals surface area contributed by atoms with Crippen LogP contribution in [0.4, 0.5) is 0 Å². The molecule has 2 atom stereocenters. The fourth-order valence-corrected chi connectivity index (χ4v) is 3.93. The maximum atomic E-state index is 3.77. The Hall–Kier alpha value is -0.0400. The summed E-state index contributed by atoms with van der Waals surface area (Å²) in [7, 11) is 0. The van der Waals surface area contributed by atoms with Gasteiger partial charge >= 0.3 is 0 Å². The third kappa shape index (κ3) is 4.62. The molecule has 2 aliphatic carbocycles. The Labute approximate surface area is 108 Å². The smallest absolute Gasteiger partial charge is 0.00697 e. The molecule has 1 heteroatoms. The fraction of sp³-hybridized carbons (Fsp3) is 1.00. The topological polar surface area (TPSA) is 12.0 Å². The predicted octanol–water partition coefficient (Wildman–Crippen LogP) is 4.52. The minimum absolute atomic E-state index is 0.837. The van der Waals surface area contributed by atoms with Crippen LogP contribution in [-0.2, 0) is 0 Å². The quantitative estimate of drug-likeness (QED) is 0.693. The minimum atomic E-state index is 0.837. The number of hydrogen-bond acceptors (Lipinski definition) is 1. The SMILES string of the molecule is CCCNC1CCCCC(CC2CCCC2)C1. The first-order valence-corrected chi connectivity index (χ1v) is 8.12. The van der Waals surface area contributed by atoms with Crippen molar-refractivity contribution >= 4 is 0 Å². The van der Waals surface area contributed by atoms with Gasteiger partial charge in [-0.1, -0.05) is 51.9 Å². The summed E-state index contributed by atoms with van der Waals surface area (Å²) in [5, 5.41) is 3.77. The lowest BCUT2D eigenvalue weighted by atomic mass is 9.87. The van der Waals surface area contributed by atoms with Gasteiger partial charge in [0.1, 0.15) is 0 Å². The van der Waals surface area contributed by atoms with Gasteiger partial charge in [0.2, 0.25) is 0 Å². The molecular formula is C16H31N. The van der Waals surface area contributed by atoms with E-state index in [1.54, 1.807) is 6.42 Å². The Morgan fingerprint density at radius 2 is 1.53 bits per heavy atom. The van der Waals surface area contributed by atoms with E-state index in [2.05, 4.69) is 12.2 Å². The summed E-state index contributed by atoms with van der Waals surface area (Å²) in [5.74, 6) is 2.12. The summed E-state index contributed by atoms with van der Waals surface area (Å²) >= 11 is 0. The zero-order valence-corrected chi connectivity index (χ0v) is 11.7. The van der Waals surface area contributed by atoms with Gasteiger partial charge in [0.15, 0.2) is 0 Å². The van der Waals surface area contributed by atoms with Gasteiger partial charge in [-0.25, -0.2) is 0 Å². The van der Waals surface area contributed by atoms with E-state index in [0.29, 0.717) is 0 Å². The lowest BCUT2D eigenvalue weighted by molar-refractivity contribution is 0.315. The molecule has 0 aromatic carbocycles. The molecule has 0 aromatic rings. The molecule has 2 unspecified atom stereocenters. The van der Waals surface area contributed by atoms with Gasteiger partial charge in [-0.2, -0.15) is 0 Å². The molecule has 17 heavy (non-hydrogen) atoms. The van der Waals surface area contributed by atoms with Gasteiger partial charge in [0.25, 0.3) is 0 Å². The van der Waals surface area contributed by atoms with E-state index < -0.39 is 0 Å². The number of nitrogens with one attached hydrogen (secondary N) is 1. The van der Waals surface area contributed by atoms with Crippen LogP contribution in [0.1, 0.15) is 77.6 Å². The first-order valence-electron chi connectivity index (χ1n) is 8.12. The molecule has 0 saturated heterocycles. The average molecular weight is 237 g/mol. The van der Waals surface area contributed by atoms with Crippen molar-refractivity contribution in [2.45, 2.75) is 83.6 Å². The van der Waals surface area contributed by atoms with Crippen molar-refractivity contribution in [3.05, 3.63) is 0 Å². The monoisotopic (exact) mass is 237 g/mol. The molecular weight excluding hydrogens is 206 g/mol. The molecule has 0 aliphatic heterocycles. The highest BCUT2D eigenvalue weighted by molar-refractivity contribution is 4.79. The van der Waals surface area contributed by atoms with E-state index in [1.807, 2.05) is 0 Å². The van der Waals surface area contributed by atoms with Gasteiger partial charge in [-0.05, 0) is 44.1 Å². The van der Waals surface area contributed by atoms with E-state index in [0.717, 1.165) is 17.9 Å². The van der Waals surface area contributed by atoms with Gasteiger partial charge in [-0.15, -0.1) is 0 Å². The second-order valence-electron chi connectivity index (χ2n) is 6.42. The molecule has 0 bridgehead atoms. The molecule has 2 fully saturated rings. The van der Waals surface area contributed by atoms with Crippen LogP contribution in [0.25, 0.3) is 0 Å². The summed E-state index contributed by atoms with van der Waals surface area (Å²) in [6, 6.07) is 0.837. The van der Waals surface area contributed by atoms with Gasteiger partial charge in [0.05, 0.1) is 0 Å². The van der Waals surface area contributed by atoms with E-state index in [4.69, 9.17) is 0 Å². The second kappa shape index (κ2) is 7.41. The molecule has 1 N–H and O–H groups in total. The van der Waals surface area contributed by atoms with Crippen LogP contribution < -0.4 is 5.32 Å². The van der Waals surface area contributed by atoms with Gasteiger partial charge in [-0.3, -0.25) is 0 Å². The molecule has 0 aromatic heterocycles. The average Bonchev–Trinajstić information content (AvgIpc) is 2.73. The van der Waals surface area contributed by atoms with Crippen LogP contribution in [0.2, 0.25) is 0 Å². The van der Waals surface area contributed by atoms with Gasteiger partial charge < -0.3 is 5.32 Å². The van der Waals surface area contributed by atoms with Crippen molar-refractivity contribution in [2.24, 2.45) is 11.8 Å². The van der Waals surface area contributed by atoms with Crippen molar-refractivity contribution in [3.8, 4) is 0 Å². The summed E-state index contributed by atoms with van der Waals surface area (Å²) in [6.45, 7) is 3.50.